The lowest BCUT2D eigenvalue weighted by Gasteiger charge is -2.25. The monoisotopic (exact) mass is 216 g/mol. The topological polar surface area (TPSA) is 45.1 Å². The first-order valence-corrected chi connectivity index (χ1v) is 5.35. The van der Waals surface area contributed by atoms with Crippen LogP contribution in [0.15, 0.2) is 36.5 Å². The highest BCUT2D eigenvalue weighted by molar-refractivity contribution is 5.90. The molecule has 2 aromatic rings. The van der Waals surface area contributed by atoms with Crippen molar-refractivity contribution >= 4 is 16.6 Å². The highest BCUT2D eigenvalue weighted by atomic mass is 16.3. The van der Waals surface area contributed by atoms with Gasteiger partial charge in [0.2, 0.25) is 0 Å². The van der Waals surface area contributed by atoms with E-state index < -0.39 is 0 Å². The van der Waals surface area contributed by atoms with Gasteiger partial charge in [-0.2, -0.15) is 0 Å². The maximum atomic E-state index is 9.24. The van der Waals surface area contributed by atoms with E-state index in [1.807, 2.05) is 44.2 Å². The first-order chi connectivity index (χ1) is 7.62. The third-order valence-electron chi connectivity index (χ3n) is 2.50. The Bertz CT molecular complexity index is 489. The van der Waals surface area contributed by atoms with Crippen molar-refractivity contribution in [2.45, 2.75) is 19.4 Å². The number of nitrogens with one attached hydrogen (secondary N) is 1. The maximum absolute atomic E-state index is 9.24. The molecule has 84 valence electrons. The third-order valence-corrected chi connectivity index (χ3v) is 2.50. The van der Waals surface area contributed by atoms with Gasteiger partial charge in [0.05, 0.1) is 23.3 Å². The van der Waals surface area contributed by atoms with Crippen LogP contribution in [0, 0.1) is 0 Å². The summed E-state index contributed by atoms with van der Waals surface area (Å²) < 4.78 is 0. The van der Waals surface area contributed by atoms with E-state index >= 15 is 0 Å². The smallest absolute Gasteiger partial charge is 0.0933 e. The van der Waals surface area contributed by atoms with Crippen molar-refractivity contribution in [3.63, 3.8) is 0 Å². The lowest BCUT2D eigenvalue weighted by Crippen LogP contribution is -2.35. The zero-order valence-electron chi connectivity index (χ0n) is 9.57. The number of hydrogen-bond donors (Lipinski definition) is 2. The summed E-state index contributed by atoms with van der Waals surface area (Å²) in [6.45, 7) is 3.99. The fourth-order valence-electron chi connectivity index (χ4n) is 1.61. The quantitative estimate of drug-likeness (QED) is 0.828. The van der Waals surface area contributed by atoms with Gasteiger partial charge in [-0.3, -0.25) is 4.98 Å². The predicted molar refractivity (Wildman–Crippen MR) is 66.5 cm³/mol. The van der Waals surface area contributed by atoms with E-state index in [0.29, 0.717) is 0 Å². The number of nitrogens with zero attached hydrogens (tertiary/aromatic N) is 1. The predicted octanol–water partition coefficient (Wildman–Crippen LogP) is 2.42. The molecule has 0 fully saturated rings. The number of aliphatic hydroxyl groups excluding tert-OH is 1. The highest BCUT2D eigenvalue weighted by Gasteiger charge is 2.16. The van der Waals surface area contributed by atoms with Crippen LogP contribution < -0.4 is 5.32 Å². The standard InChI is InChI=1S/C13H16N2O/c1-13(2,9-16)15-11-7-3-5-10-6-4-8-14-12(10)11/h3-8,15-16H,9H2,1-2H3. The summed E-state index contributed by atoms with van der Waals surface area (Å²) in [5, 5.41) is 13.6. The number of anilines is 1. The van der Waals surface area contributed by atoms with Gasteiger partial charge in [0.25, 0.3) is 0 Å². The zero-order chi connectivity index (χ0) is 11.6. The number of rotatable bonds is 3. The Kier molecular flexibility index (Phi) is 2.79. The summed E-state index contributed by atoms with van der Waals surface area (Å²) in [6, 6.07) is 9.94. The van der Waals surface area contributed by atoms with Crippen molar-refractivity contribution in [1.29, 1.82) is 0 Å². The minimum absolute atomic E-state index is 0.0796. The van der Waals surface area contributed by atoms with Crippen molar-refractivity contribution in [2.24, 2.45) is 0 Å². The molecule has 0 amide bonds. The second-order valence-electron chi connectivity index (χ2n) is 4.55. The molecule has 0 bridgehead atoms. The van der Waals surface area contributed by atoms with Gasteiger partial charge in [-0.1, -0.05) is 18.2 Å². The van der Waals surface area contributed by atoms with Crippen LogP contribution in [0.5, 0.6) is 0 Å². The van der Waals surface area contributed by atoms with E-state index in [1.165, 1.54) is 0 Å². The van der Waals surface area contributed by atoms with Gasteiger partial charge in [-0.05, 0) is 26.0 Å². The molecule has 2 rings (SSSR count). The second kappa shape index (κ2) is 4.10. The van der Waals surface area contributed by atoms with Crippen LogP contribution in [-0.4, -0.2) is 22.2 Å². The van der Waals surface area contributed by atoms with Crippen LogP contribution in [0.2, 0.25) is 0 Å². The fraction of sp³-hybridized carbons (Fsp3) is 0.308. The second-order valence-corrected chi connectivity index (χ2v) is 4.55. The summed E-state index contributed by atoms with van der Waals surface area (Å²) in [6.07, 6.45) is 1.78. The lowest BCUT2D eigenvalue weighted by atomic mass is 10.1. The third kappa shape index (κ3) is 2.14. The van der Waals surface area contributed by atoms with Crippen molar-refractivity contribution in [3.05, 3.63) is 36.5 Å². The molecule has 0 saturated carbocycles. The molecule has 0 saturated heterocycles. The number of benzene rings is 1. The van der Waals surface area contributed by atoms with Gasteiger partial charge >= 0.3 is 0 Å². The number of aliphatic hydroxyl groups is 1. The van der Waals surface area contributed by atoms with E-state index in [0.717, 1.165) is 16.6 Å². The molecule has 1 aromatic carbocycles. The minimum atomic E-state index is -0.341. The van der Waals surface area contributed by atoms with E-state index in [1.54, 1.807) is 6.20 Å². The largest absolute Gasteiger partial charge is 0.394 e. The van der Waals surface area contributed by atoms with Gasteiger partial charge < -0.3 is 10.4 Å². The van der Waals surface area contributed by atoms with Crippen molar-refractivity contribution < 1.29 is 5.11 Å². The van der Waals surface area contributed by atoms with Gasteiger partial charge in [-0.15, -0.1) is 0 Å². The molecule has 3 nitrogen and oxygen atoms in total. The van der Waals surface area contributed by atoms with Gasteiger partial charge in [0, 0.05) is 11.6 Å². The molecule has 1 heterocycles. The van der Waals surface area contributed by atoms with Gasteiger partial charge in [0.1, 0.15) is 0 Å². The Morgan fingerprint density at radius 3 is 2.75 bits per heavy atom. The number of para-hydroxylation sites is 1. The first kappa shape index (κ1) is 10.9. The highest BCUT2D eigenvalue weighted by Crippen LogP contribution is 2.23. The molecule has 16 heavy (non-hydrogen) atoms. The maximum Gasteiger partial charge on any atom is 0.0933 e. The van der Waals surface area contributed by atoms with Crippen molar-refractivity contribution in [3.8, 4) is 0 Å². The minimum Gasteiger partial charge on any atom is -0.394 e. The molecule has 0 spiro atoms. The van der Waals surface area contributed by atoms with Gasteiger partial charge in [0.15, 0.2) is 0 Å². The molecule has 0 aliphatic heterocycles. The van der Waals surface area contributed by atoms with E-state index in [-0.39, 0.29) is 12.1 Å². The van der Waals surface area contributed by atoms with Crippen molar-refractivity contribution in [1.82, 2.24) is 4.98 Å². The van der Waals surface area contributed by atoms with E-state index in [9.17, 15) is 5.11 Å². The Morgan fingerprint density at radius 2 is 2.00 bits per heavy atom. The molecule has 0 aliphatic carbocycles. The van der Waals surface area contributed by atoms with Crippen molar-refractivity contribution in [2.75, 3.05) is 11.9 Å². The van der Waals surface area contributed by atoms with E-state index in [2.05, 4.69) is 10.3 Å². The summed E-state index contributed by atoms with van der Waals surface area (Å²) >= 11 is 0. The average molecular weight is 216 g/mol. The number of aromatic nitrogens is 1. The molecule has 0 aliphatic rings. The molecule has 1 aromatic heterocycles. The van der Waals surface area contributed by atoms with E-state index in [4.69, 9.17) is 0 Å². The van der Waals surface area contributed by atoms with Crippen LogP contribution >= 0.6 is 0 Å². The molecule has 0 atom stereocenters. The summed E-state index contributed by atoms with van der Waals surface area (Å²) in [5.74, 6) is 0. The first-order valence-electron chi connectivity index (χ1n) is 5.35. The summed E-state index contributed by atoms with van der Waals surface area (Å²) in [5.41, 5.74) is 1.55. The number of pyridine rings is 1. The number of fused-ring (bicyclic) bond motifs is 1. The summed E-state index contributed by atoms with van der Waals surface area (Å²) in [4.78, 5) is 4.36. The average Bonchev–Trinajstić information content (AvgIpc) is 2.29. The Balaban J connectivity index is 2.45. The Labute approximate surface area is 95.1 Å². The van der Waals surface area contributed by atoms with Gasteiger partial charge in [-0.25, -0.2) is 0 Å². The fourth-order valence-corrected chi connectivity index (χ4v) is 1.61. The lowest BCUT2D eigenvalue weighted by molar-refractivity contribution is 0.234. The van der Waals surface area contributed by atoms with Crippen LogP contribution in [0.1, 0.15) is 13.8 Å². The molecular weight excluding hydrogens is 200 g/mol. The Morgan fingerprint density at radius 1 is 1.25 bits per heavy atom. The normalized spacial score (nSPS) is 11.7. The summed E-state index contributed by atoms with van der Waals surface area (Å²) in [7, 11) is 0. The zero-order valence-corrected chi connectivity index (χ0v) is 9.57. The van der Waals surface area contributed by atoms with Crippen LogP contribution in [0.25, 0.3) is 10.9 Å². The SMILES string of the molecule is CC(C)(CO)Nc1cccc2cccnc12. The molecule has 2 N–H and O–H groups in total. The van der Waals surface area contributed by atoms with Crippen LogP contribution in [0.4, 0.5) is 5.69 Å². The van der Waals surface area contributed by atoms with Crippen LogP contribution in [-0.2, 0) is 0 Å². The molecule has 0 radical (unpaired) electrons. The Hall–Kier alpha value is -1.61. The molecule has 0 unspecified atom stereocenters. The molecular formula is C13H16N2O. The number of hydrogen-bond acceptors (Lipinski definition) is 3. The molecule has 3 heteroatoms. The van der Waals surface area contributed by atoms with Crippen LogP contribution in [0.3, 0.4) is 0 Å².